The van der Waals surface area contributed by atoms with Crippen LogP contribution in [-0.2, 0) is 11.2 Å². The molecule has 1 fully saturated rings. The minimum atomic E-state index is -0.00584. The molecule has 0 unspecified atom stereocenters. The van der Waals surface area contributed by atoms with E-state index in [4.69, 9.17) is 32.7 Å². The van der Waals surface area contributed by atoms with Gasteiger partial charge in [0, 0.05) is 74.0 Å². The monoisotopic (exact) mass is 576 g/mol. The molecule has 3 aromatic rings. The number of nitrogens with zero attached hydrogens (tertiary/aromatic N) is 8. The van der Waals surface area contributed by atoms with Crippen molar-refractivity contribution in [3.8, 4) is 11.3 Å². The molecule has 2 aromatic heterocycles. The molecule has 216 valence electrons. The maximum absolute atomic E-state index is 13.2. The third-order valence-electron chi connectivity index (χ3n) is 7.15. The average molecular weight is 577 g/mol. The third-order valence-corrected chi connectivity index (χ3v) is 7.47. The van der Waals surface area contributed by atoms with Crippen molar-refractivity contribution in [1.82, 2.24) is 29.7 Å². The number of thiocarbonyl (C=S) groups is 1. The van der Waals surface area contributed by atoms with Crippen LogP contribution in [0.15, 0.2) is 36.7 Å². The van der Waals surface area contributed by atoms with Gasteiger partial charge in [-0.25, -0.2) is 15.0 Å². The van der Waals surface area contributed by atoms with Crippen LogP contribution in [0.25, 0.3) is 11.3 Å². The summed E-state index contributed by atoms with van der Waals surface area (Å²) in [6, 6.07) is 7.46. The first-order valence-corrected chi connectivity index (χ1v) is 14.2. The fourth-order valence-corrected chi connectivity index (χ4v) is 5.17. The van der Waals surface area contributed by atoms with Crippen molar-refractivity contribution in [2.75, 3.05) is 87.4 Å². The van der Waals surface area contributed by atoms with Crippen LogP contribution < -0.4 is 20.9 Å². The van der Waals surface area contributed by atoms with E-state index in [2.05, 4.69) is 25.1 Å². The first-order valence-electron chi connectivity index (χ1n) is 13.8. The maximum atomic E-state index is 13.2. The number of rotatable bonds is 8. The van der Waals surface area contributed by atoms with Crippen molar-refractivity contribution in [2.45, 2.75) is 13.3 Å². The molecule has 1 amide bonds. The molecule has 5 rings (SSSR count). The van der Waals surface area contributed by atoms with E-state index in [1.807, 2.05) is 55.1 Å². The summed E-state index contributed by atoms with van der Waals surface area (Å²) in [5.74, 6) is 1.56. The molecular weight excluding hydrogens is 540 g/mol. The molecule has 12 nitrogen and oxygen atoms in total. The van der Waals surface area contributed by atoms with Crippen LogP contribution in [0.3, 0.4) is 0 Å². The number of likely N-dealkylation sites (N-methyl/N-ethyl adjacent to an activating group) is 2. The Kier molecular flexibility index (Phi) is 8.86. The Labute approximate surface area is 245 Å². The zero-order chi connectivity index (χ0) is 28.9. The lowest BCUT2D eigenvalue weighted by Crippen LogP contribution is -2.38. The summed E-state index contributed by atoms with van der Waals surface area (Å²) in [6.45, 7) is 7.36. The summed E-state index contributed by atoms with van der Waals surface area (Å²) in [6.07, 6.45) is 4.08. The summed E-state index contributed by atoms with van der Waals surface area (Å²) in [4.78, 5) is 39.5. The third kappa shape index (κ3) is 6.53. The number of hydrogen-bond donors (Lipinski definition) is 2. The summed E-state index contributed by atoms with van der Waals surface area (Å²) >= 11 is 5.88. The van der Waals surface area contributed by atoms with Gasteiger partial charge in [0.15, 0.2) is 5.11 Å². The maximum Gasteiger partial charge on any atom is 0.253 e. The number of fused-ring (bicyclic) bond motifs is 1. The molecule has 0 aliphatic carbocycles. The Balaban J connectivity index is 1.40. The average Bonchev–Trinajstić information content (AvgIpc) is 3.42. The molecule has 0 spiro atoms. The van der Waals surface area contributed by atoms with Crippen molar-refractivity contribution in [3.05, 3.63) is 47.8 Å². The molecule has 4 heterocycles. The van der Waals surface area contributed by atoms with Crippen molar-refractivity contribution >= 4 is 46.6 Å². The Bertz CT molecular complexity index is 1400. The first-order chi connectivity index (χ1) is 19.8. The van der Waals surface area contributed by atoms with Gasteiger partial charge in [-0.05, 0) is 57.9 Å². The molecule has 1 aromatic carbocycles. The molecule has 2 aliphatic heterocycles. The highest BCUT2D eigenvalue weighted by atomic mass is 32.1. The van der Waals surface area contributed by atoms with E-state index in [0.717, 1.165) is 34.9 Å². The van der Waals surface area contributed by atoms with Gasteiger partial charge in [0.2, 0.25) is 11.9 Å². The SMILES string of the molecule is CCN(CCN(C)C)C(=O)c1cccc(NC(=S)N2CCc3c(-c4cnc(N)nc4)nc(N4CCOCC4)nc32)c1. The standard InChI is InChI=1S/C28H36N10O2S/c1-4-36(11-10-35(2)3)25(39)19-6-5-7-21(16-19)32-28(41)38-9-8-22-23(20-17-30-26(29)31-18-20)33-27(34-24(22)38)37-12-14-40-15-13-37/h5-7,16-18H,4,8-15H2,1-3H3,(H,32,41)(H2,29,30,31). The Morgan fingerprint density at radius 3 is 2.59 bits per heavy atom. The second-order valence-electron chi connectivity index (χ2n) is 10.2. The highest BCUT2D eigenvalue weighted by Gasteiger charge is 2.30. The van der Waals surface area contributed by atoms with E-state index < -0.39 is 0 Å². The number of benzene rings is 1. The number of hydrogen-bond acceptors (Lipinski definition) is 10. The number of anilines is 4. The van der Waals surface area contributed by atoms with E-state index in [1.54, 1.807) is 12.4 Å². The molecule has 41 heavy (non-hydrogen) atoms. The van der Waals surface area contributed by atoms with Gasteiger partial charge in [-0.2, -0.15) is 4.98 Å². The molecule has 0 saturated carbocycles. The predicted molar refractivity (Wildman–Crippen MR) is 164 cm³/mol. The molecule has 0 atom stereocenters. The van der Waals surface area contributed by atoms with Crippen LogP contribution in [0, 0.1) is 0 Å². The lowest BCUT2D eigenvalue weighted by atomic mass is 10.1. The zero-order valence-corrected chi connectivity index (χ0v) is 24.5. The number of amides is 1. The summed E-state index contributed by atoms with van der Waals surface area (Å²) in [5, 5.41) is 3.84. The number of nitrogens with two attached hydrogens (primary N) is 1. The number of carbonyl (C=O) groups excluding carboxylic acids is 1. The summed E-state index contributed by atoms with van der Waals surface area (Å²) < 4.78 is 5.54. The molecule has 1 saturated heterocycles. The number of nitrogen functional groups attached to an aromatic ring is 1. The molecular formula is C28H36N10O2S. The molecule has 2 aliphatic rings. The molecule has 13 heteroatoms. The van der Waals surface area contributed by atoms with Gasteiger partial charge in [0.1, 0.15) is 5.82 Å². The van der Waals surface area contributed by atoms with Crippen LogP contribution >= 0.6 is 12.2 Å². The van der Waals surface area contributed by atoms with E-state index in [1.165, 1.54) is 0 Å². The van der Waals surface area contributed by atoms with Crippen molar-refractivity contribution in [1.29, 1.82) is 0 Å². The minimum absolute atomic E-state index is 0.00584. The summed E-state index contributed by atoms with van der Waals surface area (Å²) in [7, 11) is 4.00. The largest absolute Gasteiger partial charge is 0.378 e. The highest BCUT2D eigenvalue weighted by molar-refractivity contribution is 7.80. The van der Waals surface area contributed by atoms with Gasteiger partial charge in [-0.1, -0.05) is 6.07 Å². The van der Waals surface area contributed by atoms with Gasteiger partial charge < -0.3 is 35.4 Å². The second kappa shape index (κ2) is 12.7. The molecule has 0 radical (unpaired) electrons. The number of carbonyl (C=O) groups is 1. The van der Waals surface area contributed by atoms with E-state index in [0.29, 0.717) is 69.0 Å². The van der Waals surface area contributed by atoms with Crippen LogP contribution in [0.2, 0.25) is 0 Å². The topological polar surface area (TPSA) is 129 Å². The second-order valence-corrected chi connectivity index (χ2v) is 10.6. The highest BCUT2D eigenvalue weighted by Crippen LogP contribution is 2.36. The van der Waals surface area contributed by atoms with Crippen molar-refractivity contribution < 1.29 is 9.53 Å². The van der Waals surface area contributed by atoms with Gasteiger partial charge in [0.25, 0.3) is 5.91 Å². The van der Waals surface area contributed by atoms with E-state index in [9.17, 15) is 4.79 Å². The quantitative estimate of drug-likeness (QED) is 0.381. The fraction of sp³-hybridized carbons (Fsp3) is 0.429. The zero-order valence-electron chi connectivity index (χ0n) is 23.7. The lowest BCUT2D eigenvalue weighted by molar-refractivity contribution is 0.0754. The fourth-order valence-electron chi connectivity index (χ4n) is 4.87. The van der Waals surface area contributed by atoms with Gasteiger partial charge in [-0.3, -0.25) is 4.79 Å². The van der Waals surface area contributed by atoms with Gasteiger partial charge in [0.05, 0.1) is 18.9 Å². The van der Waals surface area contributed by atoms with Gasteiger partial charge >= 0.3 is 0 Å². The van der Waals surface area contributed by atoms with Crippen molar-refractivity contribution in [2.24, 2.45) is 0 Å². The Morgan fingerprint density at radius 1 is 1.12 bits per heavy atom. The Hall–Kier alpha value is -3.94. The van der Waals surface area contributed by atoms with Crippen LogP contribution in [-0.4, -0.2) is 107 Å². The van der Waals surface area contributed by atoms with E-state index in [-0.39, 0.29) is 11.9 Å². The molecule has 0 bridgehead atoms. The van der Waals surface area contributed by atoms with Crippen LogP contribution in [0.4, 0.5) is 23.4 Å². The summed E-state index contributed by atoms with van der Waals surface area (Å²) in [5.41, 5.74) is 9.62. The predicted octanol–water partition coefficient (Wildman–Crippen LogP) is 2.14. The van der Waals surface area contributed by atoms with Crippen molar-refractivity contribution in [3.63, 3.8) is 0 Å². The number of morpholine rings is 1. The van der Waals surface area contributed by atoms with Gasteiger partial charge in [-0.15, -0.1) is 0 Å². The first kappa shape index (κ1) is 28.6. The number of nitrogens with one attached hydrogen (secondary N) is 1. The number of ether oxygens (including phenoxy) is 1. The smallest absolute Gasteiger partial charge is 0.253 e. The minimum Gasteiger partial charge on any atom is -0.378 e. The Morgan fingerprint density at radius 2 is 1.88 bits per heavy atom. The van der Waals surface area contributed by atoms with Crippen LogP contribution in [0.5, 0.6) is 0 Å². The van der Waals surface area contributed by atoms with Crippen LogP contribution in [0.1, 0.15) is 22.8 Å². The van der Waals surface area contributed by atoms with E-state index >= 15 is 0 Å². The molecule has 3 N–H and O–H groups in total. The lowest BCUT2D eigenvalue weighted by Gasteiger charge is -2.28. The number of aromatic nitrogens is 4. The normalized spacial score (nSPS) is 14.7.